The summed E-state index contributed by atoms with van der Waals surface area (Å²) in [5, 5.41) is 2.45. The lowest BCUT2D eigenvalue weighted by atomic mass is 10.2. The van der Waals surface area contributed by atoms with Crippen molar-refractivity contribution in [3.8, 4) is 5.75 Å². The molecule has 0 aliphatic rings. The molecule has 1 aromatic heterocycles. The molecule has 0 spiro atoms. The molecule has 0 aliphatic carbocycles. The monoisotopic (exact) mass is 299 g/mol. The van der Waals surface area contributed by atoms with E-state index in [-0.39, 0.29) is 22.4 Å². The number of carbonyl (C=O) groups excluding carboxylic acids is 1. The molecular formula is C12H8ClF2N3O2. The maximum Gasteiger partial charge on any atom is 0.387 e. The molecule has 8 heteroatoms. The number of aromatic nitrogens is 2. The van der Waals surface area contributed by atoms with Crippen LogP contribution in [0.4, 0.5) is 14.6 Å². The third kappa shape index (κ3) is 3.86. The molecule has 0 saturated carbocycles. The van der Waals surface area contributed by atoms with Crippen LogP contribution in [0.3, 0.4) is 0 Å². The lowest BCUT2D eigenvalue weighted by molar-refractivity contribution is -0.0498. The minimum atomic E-state index is -2.95. The van der Waals surface area contributed by atoms with Gasteiger partial charge in [0.1, 0.15) is 11.6 Å². The van der Waals surface area contributed by atoms with Crippen LogP contribution in [0.1, 0.15) is 10.4 Å². The van der Waals surface area contributed by atoms with Crippen molar-refractivity contribution in [2.75, 3.05) is 5.32 Å². The number of halogens is 3. The van der Waals surface area contributed by atoms with Gasteiger partial charge in [0.05, 0.1) is 0 Å². The molecule has 0 aliphatic heterocycles. The van der Waals surface area contributed by atoms with E-state index >= 15 is 0 Å². The van der Waals surface area contributed by atoms with Crippen molar-refractivity contribution < 1.29 is 18.3 Å². The fourth-order valence-corrected chi connectivity index (χ4v) is 1.55. The van der Waals surface area contributed by atoms with E-state index in [2.05, 4.69) is 20.0 Å². The number of nitrogens with zero attached hydrogens (tertiary/aromatic N) is 2. The Morgan fingerprint density at radius 1 is 1.35 bits per heavy atom. The first-order valence-corrected chi connectivity index (χ1v) is 5.77. The summed E-state index contributed by atoms with van der Waals surface area (Å²) in [6.45, 7) is -2.95. The Balaban J connectivity index is 2.13. The van der Waals surface area contributed by atoms with Crippen molar-refractivity contribution in [3.05, 3.63) is 47.4 Å². The summed E-state index contributed by atoms with van der Waals surface area (Å²) < 4.78 is 28.4. The van der Waals surface area contributed by atoms with E-state index in [4.69, 9.17) is 11.6 Å². The Labute approximate surface area is 117 Å². The molecule has 0 radical (unpaired) electrons. The Morgan fingerprint density at radius 3 is 2.85 bits per heavy atom. The third-order valence-corrected chi connectivity index (χ3v) is 2.37. The number of carbonyl (C=O) groups is 1. The van der Waals surface area contributed by atoms with E-state index in [1.165, 1.54) is 36.5 Å². The first kappa shape index (κ1) is 14.1. The van der Waals surface area contributed by atoms with Crippen LogP contribution in [0.25, 0.3) is 0 Å². The molecule has 20 heavy (non-hydrogen) atoms. The van der Waals surface area contributed by atoms with Crippen LogP contribution in [0.5, 0.6) is 5.75 Å². The number of benzene rings is 1. The molecule has 1 amide bonds. The second-order valence-corrected chi connectivity index (χ2v) is 3.91. The van der Waals surface area contributed by atoms with Gasteiger partial charge in [0.25, 0.3) is 5.91 Å². The van der Waals surface area contributed by atoms with Crippen LogP contribution in [0, 0.1) is 0 Å². The number of ether oxygens (including phenoxy) is 1. The van der Waals surface area contributed by atoms with Gasteiger partial charge in [-0.2, -0.15) is 8.78 Å². The van der Waals surface area contributed by atoms with E-state index in [0.717, 1.165) is 0 Å². The summed E-state index contributed by atoms with van der Waals surface area (Å²) in [5.41, 5.74) is 0.151. The number of nitrogens with one attached hydrogen (secondary N) is 1. The quantitative estimate of drug-likeness (QED) is 0.882. The van der Waals surface area contributed by atoms with Crippen molar-refractivity contribution in [2.24, 2.45) is 0 Å². The van der Waals surface area contributed by atoms with Crippen LogP contribution in [0.15, 0.2) is 36.5 Å². The van der Waals surface area contributed by atoms with Crippen LogP contribution in [0.2, 0.25) is 5.28 Å². The molecule has 0 bridgehead atoms. The fourth-order valence-electron chi connectivity index (χ4n) is 1.41. The molecule has 0 atom stereocenters. The van der Waals surface area contributed by atoms with Crippen LogP contribution >= 0.6 is 11.6 Å². The molecule has 0 fully saturated rings. The van der Waals surface area contributed by atoms with Crippen molar-refractivity contribution in [1.29, 1.82) is 0 Å². The smallest absolute Gasteiger partial charge is 0.387 e. The Morgan fingerprint density at radius 2 is 2.15 bits per heavy atom. The molecule has 0 unspecified atom stereocenters. The van der Waals surface area contributed by atoms with Crippen LogP contribution < -0.4 is 10.1 Å². The third-order valence-electron chi connectivity index (χ3n) is 2.19. The first-order chi connectivity index (χ1) is 9.54. The number of hydrogen-bond acceptors (Lipinski definition) is 4. The van der Waals surface area contributed by atoms with Gasteiger partial charge in [0.2, 0.25) is 5.28 Å². The van der Waals surface area contributed by atoms with Gasteiger partial charge >= 0.3 is 6.61 Å². The lowest BCUT2D eigenvalue weighted by Crippen LogP contribution is -2.13. The zero-order chi connectivity index (χ0) is 14.5. The van der Waals surface area contributed by atoms with Crippen molar-refractivity contribution in [1.82, 2.24) is 9.97 Å². The SMILES string of the molecule is O=C(Nc1ccnc(Cl)n1)c1cccc(OC(F)F)c1. The predicted molar refractivity (Wildman–Crippen MR) is 68.1 cm³/mol. The predicted octanol–water partition coefficient (Wildman–Crippen LogP) is 2.98. The largest absolute Gasteiger partial charge is 0.435 e. The summed E-state index contributed by atoms with van der Waals surface area (Å²) in [4.78, 5) is 19.4. The highest BCUT2D eigenvalue weighted by atomic mass is 35.5. The van der Waals surface area contributed by atoms with E-state index < -0.39 is 12.5 Å². The van der Waals surface area contributed by atoms with E-state index in [1.54, 1.807) is 0 Å². The van der Waals surface area contributed by atoms with Gasteiger partial charge in [-0.05, 0) is 35.9 Å². The summed E-state index contributed by atoms with van der Waals surface area (Å²) in [6.07, 6.45) is 1.38. The molecule has 0 saturated heterocycles. The van der Waals surface area contributed by atoms with Gasteiger partial charge in [0.15, 0.2) is 0 Å². The van der Waals surface area contributed by atoms with Gasteiger partial charge in [-0.25, -0.2) is 9.97 Å². The number of anilines is 1. The minimum absolute atomic E-state index is 0.0161. The highest BCUT2D eigenvalue weighted by Crippen LogP contribution is 2.17. The van der Waals surface area contributed by atoms with Crippen LogP contribution in [-0.4, -0.2) is 22.5 Å². The van der Waals surface area contributed by atoms with E-state index in [9.17, 15) is 13.6 Å². The van der Waals surface area contributed by atoms with Gasteiger partial charge < -0.3 is 10.1 Å². The molecule has 1 aromatic carbocycles. The van der Waals surface area contributed by atoms with E-state index in [1.807, 2.05) is 0 Å². The van der Waals surface area contributed by atoms with Crippen molar-refractivity contribution >= 4 is 23.3 Å². The van der Waals surface area contributed by atoms with Crippen LogP contribution in [-0.2, 0) is 0 Å². The molecule has 2 aromatic rings. The van der Waals surface area contributed by atoms with Gasteiger partial charge in [-0.3, -0.25) is 4.79 Å². The van der Waals surface area contributed by atoms with Gasteiger partial charge in [-0.15, -0.1) is 0 Å². The Bertz CT molecular complexity index is 625. The standard InChI is InChI=1S/C12H8ClF2N3O2/c13-11-16-5-4-9(18-11)17-10(19)7-2-1-3-8(6-7)20-12(14)15/h1-6,12H,(H,16,17,18,19). The molecule has 1 N–H and O–H groups in total. The number of hydrogen-bond donors (Lipinski definition) is 1. The summed E-state index contributed by atoms with van der Waals surface area (Å²) in [6, 6.07) is 6.86. The van der Waals surface area contributed by atoms with Crippen molar-refractivity contribution in [3.63, 3.8) is 0 Å². The summed E-state index contributed by atoms with van der Waals surface area (Å²) >= 11 is 5.58. The second-order valence-electron chi connectivity index (χ2n) is 3.57. The summed E-state index contributed by atoms with van der Waals surface area (Å²) in [7, 11) is 0. The topological polar surface area (TPSA) is 64.1 Å². The zero-order valence-electron chi connectivity index (χ0n) is 9.89. The normalized spacial score (nSPS) is 10.4. The molecule has 104 valence electrons. The Hall–Kier alpha value is -2.28. The maximum atomic E-state index is 12.1. The maximum absolute atomic E-state index is 12.1. The molecule has 2 rings (SSSR count). The number of alkyl halides is 2. The lowest BCUT2D eigenvalue weighted by Gasteiger charge is -2.07. The summed E-state index contributed by atoms with van der Waals surface area (Å²) in [5.74, 6) is -0.428. The van der Waals surface area contributed by atoms with Crippen molar-refractivity contribution in [2.45, 2.75) is 6.61 Å². The highest BCUT2D eigenvalue weighted by Gasteiger charge is 2.10. The zero-order valence-corrected chi connectivity index (χ0v) is 10.6. The van der Waals surface area contributed by atoms with E-state index in [0.29, 0.717) is 0 Å². The first-order valence-electron chi connectivity index (χ1n) is 5.39. The molecule has 1 heterocycles. The average molecular weight is 300 g/mol. The molecule has 5 nitrogen and oxygen atoms in total. The molecular weight excluding hydrogens is 292 g/mol. The second kappa shape index (κ2) is 6.25. The fraction of sp³-hybridized carbons (Fsp3) is 0.0833. The minimum Gasteiger partial charge on any atom is -0.435 e. The van der Waals surface area contributed by atoms with Gasteiger partial charge in [0, 0.05) is 11.8 Å². The highest BCUT2D eigenvalue weighted by molar-refractivity contribution is 6.28. The number of amides is 1. The number of rotatable bonds is 4. The average Bonchev–Trinajstić information content (AvgIpc) is 2.38. The Kier molecular flexibility index (Phi) is 4.41. The van der Waals surface area contributed by atoms with Gasteiger partial charge in [-0.1, -0.05) is 6.07 Å².